The largest absolute Gasteiger partial charge is 0.294 e. The number of benzene rings is 2. The number of allylic oxidation sites excluding steroid dienone is 2. The van der Waals surface area contributed by atoms with Crippen molar-refractivity contribution in [3.8, 4) is 0 Å². The van der Waals surface area contributed by atoms with E-state index in [1.54, 1.807) is 0 Å². The van der Waals surface area contributed by atoms with Crippen LogP contribution in [0.1, 0.15) is 35.1 Å². The lowest BCUT2D eigenvalue weighted by atomic mass is 9.82. The summed E-state index contributed by atoms with van der Waals surface area (Å²) in [4.78, 5) is 12.6. The van der Waals surface area contributed by atoms with Crippen molar-refractivity contribution >= 4 is 11.4 Å². The summed E-state index contributed by atoms with van der Waals surface area (Å²) < 4.78 is 0. The third-order valence-corrected chi connectivity index (χ3v) is 5.20. The Kier molecular flexibility index (Phi) is 3.22. The second kappa shape index (κ2) is 5.24. The van der Waals surface area contributed by atoms with E-state index in [9.17, 15) is 4.79 Å². The lowest BCUT2D eigenvalue weighted by Crippen LogP contribution is -2.09. The molecule has 0 saturated heterocycles. The topological polar surface area (TPSA) is 17.1 Å². The Hall–Kier alpha value is -2.15. The summed E-state index contributed by atoms with van der Waals surface area (Å²) in [6, 6.07) is 17.0. The summed E-state index contributed by atoms with van der Waals surface area (Å²) in [5.74, 6) is 0.748. The van der Waals surface area contributed by atoms with Crippen molar-refractivity contribution in [2.75, 3.05) is 0 Å². The van der Waals surface area contributed by atoms with Crippen molar-refractivity contribution in [1.29, 1.82) is 0 Å². The molecule has 22 heavy (non-hydrogen) atoms. The van der Waals surface area contributed by atoms with Gasteiger partial charge in [-0.05, 0) is 54.4 Å². The number of fused-ring (bicyclic) bond motifs is 2. The number of hydrogen-bond acceptors (Lipinski definition) is 1. The Bertz CT molecular complexity index is 782. The van der Waals surface area contributed by atoms with Crippen molar-refractivity contribution in [2.45, 2.75) is 32.6 Å². The maximum Gasteiger partial charge on any atom is 0.164 e. The maximum atomic E-state index is 12.6. The second-order valence-corrected chi connectivity index (χ2v) is 6.51. The number of rotatable bonds is 2. The van der Waals surface area contributed by atoms with Crippen LogP contribution in [0.4, 0.5) is 0 Å². The quantitative estimate of drug-likeness (QED) is 0.793. The van der Waals surface area contributed by atoms with Gasteiger partial charge in [-0.15, -0.1) is 0 Å². The standard InChI is InChI=1S/C21H20O/c1-14-6-2-3-8-16(14)12-17-13-20(22)21-18-9-5-4-7-15(18)10-11-19(17)21/h2-9,17H,10-13H2,1H3. The van der Waals surface area contributed by atoms with Crippen molar-refractivity contribution < 1.29 is 4.79 Å². The van der Waals surface area contributed by atoms with Gasteiger partial charge in [-0.2, -0.15) is 0 Å². The zero-order valence-corrected chi connectivity index (χ0v) is 12.9. The van der Waals surface area contributed by atoms with Crippen LogP contribution >= 0.6 is 0 Å². The number of ketones is 1. The fourth-order valence-electron chi connectivity index (χ4n) is 4.04. The molecule has 0 bridgehead atoms. The molecule has 0 fully saturated rings. The van der Waals surface area contributed by atoms with Crippen LogP contribution in [0.25, 0.3) is 5.57 Å². The van der Waals surface area contributed by atoms with Crippen LogP contribution in [0.15, 0.2) is 54.1 Å². The molecule has 0 aromatic heterocycles. The first-order valence-electron chi connectivity index (χ1n) is 8.13. The Morgan fingerprint density at radius 1 is 1.00 bits per heavy atom. The van der Waals surface area contributed by atoms with Gasteiger partial charge in [0.05, 0.1) is 0 Å². The second-order valence-electron chi connectivity index (χ2n) is 6.51. The molecule has 1 heteroatoms. The highest BCUT2D eigenvalue weighted by molar-refractivity contribution is 6.24. The van der Waals surface area contributed by atoms with Crippen molar-refractivity contribution in [3.63, 3.8) is 0 Å². The van der Waals surface area contributed by atoms with Gasteiger partial charge in [0.25, 0.3) is 0 Å². The molecule has 2 aliphatic rings. The highest BCUT2D eigenvalue weighted by Crippen LogP contribution is 2.44. The van der Waals surface area contributed by atoms with Gasteiger partial charge in [-0.3, -0.25) is 4.79 Å². The van der Waals surface area contributed by atoms with Crippen LogP contribution in [-0.2, 0) is 17.6 Å². The van der Waals surface area contributed by atoms with Crippen LogP contribution in [0, 0.1) is 12.8 Å². The molecule has 2 aromatic carbocycles. The first kappa shape index (κ1) is 13.5. The number of Topliss-reactive ketones (excluding diaryl/α,β-unsaturated/α-hetero) is 1. The number of aryl methyl sites for hydroxylation is 2. The molecule has 0 N–H and O–H groups in total. The van der Waals surface area contributed by atoms with Gasteiger partial charge in [0.15, 0.2) is 5.78 Å². The van der Waals surface area contributed by atoms with E-state index in [1.807, 2.05) is 0 Å². The van der Waals surface area contributed by atoms with Crippen LogP contribution in [0.2, 0.25) is 0 Å². The molecule has 1 nitrogen and oxygen atoms in total. The lowest BCUT2D eigenvalue weighted by molar-refractivity contribution is -0.113. The molecule has 2 aliphatic carbocycles. The molecule has 0 saturated carbocycles. The molecule has 0 spiro atoms. The minimum absolute atomic E-state index is 0.348. The molecule has 1 unspecified atom stereocenters. The highest BCUT2D eigenvalue weighted by Gasteiger charge is 2.35. The van der Waals surface area contributed by atoms with Crippen LogP contribution in [-0.4, -0.2) is 5.78 Å². The average molecular weight is 288 g/mol. The third-order valence-electron chi connectivity index (χ3n) is 5.20. The molecule has 2 aromatic rings. The summed E-state index contributed by atoms with van der Waals surface area (Å²) >= 11 is 0. The zero-order valence-electron chi connectivity index (χ0n) is 12.9. The van der Waals surface area contributed by atoms with E-state index >= 15 is 0 Å². The van der Waals surface area contributed by atoms with E-state index in [0.717, 1.165) is 24.8 Å². The minimum atomic E-state index is 0.348. The van der Waals surface area contributed by atoms with Gasteiger partial charge in [0.1, 0.15) is 0 Å². The summed E-state index contributed by atoms with van der Waals surface area (Å²) in [6.07, 6.45) is 3.81. The number of hydrogen-bond donors (Lipinski definition) is 0. The predicted molar refractivity (Wildman–Crippen MR) is 89.7 cm³/mol. The molecule has 0 radical (unpaired) electrons. The van der Waals surface area contributed by atoms with Crippen LogP contribution < -0.4 is 0 Å². The first-order valence-corrected chi connectivity index (χ1v) is 8.13. The molecule has 110 valence electrons. The van der Waals surface area contributed by atoms with Gasteiger partial charge in [0.2, 0.25) is 0 Å². The zero-order chi connectivity index (χ0) is 15.1. The van der Waals surface area contributed by atoms with E-state index < -0.39 is 0 Å². The van der Waals surface area contributed by atoms with E-state index in [2.05, 4.69) is 55.5 Å². The Morgan fingerprint density at radius 3 is 2.64 bits per heavy atom. The molecule has 4 rings (SSSR count). The lowest BCUT2D eigenvalue weighted by Gasteiger charge is -2.21. The van der Waals surface area contributed by atoms with Crippen LogP contribution in [0.3, 0.4) is 0 Å². The Balaban J connectivity index is 1.72. The summed E-state index contributed by atoms with van der Waals surface area (Å²) in [7, 11) is 0. The predicted octanol–water partition coefficient (Wildman–Crippen LogP) is 4.53. The van der Waals surface area contributed by atoms with Gasteiger partial charge in [-0.1, -0.05) is 54.1 Å². The molecular weight excluding hydrogens is 268 g/mol. The van der Waals surface area contributed by atoms with Gasteiger partial charge in [-0.25, -0.2) is 0 Å². The van der Waals surface area contributed by atoms with E-state index in [4.69, 9.17) is 0 Å². The molecular formula is C21H20O. The summed E-state index contributed by atoms with van der Waals surface area (Å²) in [5.41, 5.74) is 7.70. The molecule has 0 amide bonds. The summed E-state index contributed by atoms with van der Waals surface area (Å²) in [6.45, 7) is 2.16. The maximum absolute atomic E-state index is 12.6. The smallest absolute Gasteiger partial charge is 0.164 e. The van der Waals surface area contributed by atoms with Crippen molar-refractivity contribution in [2.24, 2.45) is 5.92 Å². The Morgan fingerprint density at radius 2 is 1.77 bits per heavy atom. The van der Waals surface area contributed by atoms with Crippen molar-refractivity contribution in [1.82, 2.24) is 0 Å². The normalized spacial score (nSPS) is 20.0. The number of carbonyl (C=O) groups excluding carboxylic acids is 1. The third kappa shape index (κ3) is 2.12. The van der Waals surface area contributed by atoms with Gasteiger partial charge < -0.3 is 0 Å². The molecule has 0 heterocycles. The summed E-state index contributed by atoms with van der Waals surface area (Å²) in [5, 5.41) is 0. The number of carbonyl (C=O) groups is 1. The van der Waals surface area contributed by atoms with Crippen LogP contribution in [0.5, 0.6) is 0 Å². The minimum Gasteiger partial charge on any atom is -0.294 e. The van der Waals surface area contributed by atoms with E-state index in [1.165, 1.54) is 27.8 Å². The molecule has 0 aliphatic heterocycles. The SMILES string of the molecule is Cc1ccccc1CC1CC(=O)C2=C1CCc1ccccc12. The molecule has 1 atom stereocenters. The van der Waals surface area contributed by atoms with E-state index in [-0.39, 0.29) is 0 Å². The fraction of sp³-hybridized carbons (Fsp3) is 0.286. The Labute approximate surface area is 131 Å². The van der Waals surface area contributed by atoms with Gasteiger partial charge in [0, 0.05) is 12.0 Å². The average Bonchev–Trinajstić information content (AvgIpc) is 2.86. The van der Waals surface area contributed by atoms with Gasteiger partial charge >= 0.3 is 0 Å². The fourth-order valence-corrected chi connectivity index (χ4v) is 4.04. The highest BCUT2D eigenvalue weighted by atomic mass is 16.1. The van der Waals surface area contributed by atoms with E-state index in [0.29, 0.717) is 18.1 Å². The van der Waals surface area contributed by atoms with Crippen molar-refractivity contribution in [3.05, 3.63) is 76.4 Å². The monoisotopic (exact) mass is 288 g/mol. The first-order chi connectivity index (χ1) is 10.7.